The predicted octanol–water partition coefficient (Wildman–Crippen LogP) is 3.53. The number of hydrogen-bond donors (Lipinski definition) is 1. The fourth-order valence-electron chi connectivity index (χ4n) is 3.13. The van der Waals surface area contributed by atoms with Crippen LogP contribution in [0.5, 0.6) is 0 Å². The van der Waals surface area contributed by atoms with Crippen LogP contribution in [-0.2, 0) is 10.3 Å². The summed E-state index contributed by atoms with van der Waals surface area (Å²) in [6, 6.07) is 4.32. The number of hydrazine groups is 1. The molecule has 1 fully saturated rings. The Balaban J connectivity index is 2.60. The average Bonchev–Trinajstić information content (AvgIpc) is 2.77. The molecule has 1 amide bonds. The van der Waals surface area contributed by atoms with Crippen LogP contribution < -0.4 is 5.43 Å². The van der Waals surface area contributed by atoms with Gasteiger partial charge in [-0.1, -0.05) is 13.3 Å². The van der Waals surface area contributed by atoms with Crippen LogP contribution in [0.3, 0.4) is 0 Å². The minimum Gasteiger partial charge on any atom is -0.287 e. The van der Waals surface area contributed by atoms with E-state index in [1.807, 2.05) is 0 Å². The molecule has 138 valence electrons. The van der Waals surface area contributed by atoms with Crippen LogP contribution >= 0.6 is 0 Å². The smallest absolute Gasteiger partial charge is 0.287 e. The van der Waals surface area contributed by atoms with E-state index in [0.29, 0.717) is 0 Å². The number of alkyl halides is 3. The van der Waals surface area contributed by atoms with Crippen molar-refractivity contribution in [3.8, 4) is 0 Å². The zero-order valence-corrected chi connectivity index (χ0v) is 14.2. The van der Waals surface area contributed by atoms with Crippen LogP contribution in [0.2, 0.25) is 0 Å². The molecule has 1 unspecified atom stereocenters. The molecule has 1 aliphatic heterocycles. The molecule has 1 aliphatic rings. The van der Waals surface area contributed by atoms with E-state index in [1.165, 1.54) is 0 Å². The van der Waals surface area contributed by atoms with Gasteiger partial charge in [0.15, 0.2) is 5.54 Å². The highest BCUT2D eigenvalue weighted by atomic mass is 19.4. The molecule has 0 aliphatic carbocycles. The first-order chi connectivity index (χ1) is 11.5. The highest BCUT2D eigenvalue weighted by Crippen LogP contribution is 2.49. The average molecular weight is 359 g/mol. The minimum absolute atomic E-state index is 0.123. The van der Waals surface area contributed by atoms with Crippen molar-refractivity contribution in [2.75, 3.05) is 6.54 Å². The highest BCUT2D eigenvalue weighted by molar-refractivity contribution is 5.83. The van der Waals surface area contributed by atoms with Gasteiger partial charge in [0, 0.05) is 18.7 Å². The molecule has 25 heavy (non-hydrogen) atoms. The number of hydrogen-bond acceptors (Lipinski definition) is 4. The summed E-state index contributed by atoms with van der Waals surface area (Å²) in [5.74, 6) is -0.487. The molecular weight excluding hydrogens is 339 g/mol. The van der Waals surface area contributed by atoms with Gasteiger partial charge in [-0.15, -0.1) is 0 Å². The number of carbonyl (C=O) groups is 1. The Labute approximate surface area is 143 Å². The molecule has 1 atom stereocenters. The number of non-ortho nitro benzene ring substituents is 1. The maximum atomic E-state index is 14.2. The molecule has 0 spiro atoms. The third kappa shape index (κ3) is 3.20. The molecule has 1 aromatic rings. The second kappa shape index (κ2) is 6.29. The van der Waals surface area contributed by atoms with Gasteiger partial charge in [-0.05, 0) is 38.0 Å². The van der Waals surface area contributed by atoms with Crippen LogP contribution in [0.4, 0.5) is 18.9 Å². The Kier molecular flexibility index (Phi) is 4.82. The first-order valence-electron chi connectivity index (χ1n) is 7.86. The number of benzene rings is 1. The number of nitrogens with zero attached hydrogens (tertiary/aromatic N) is 2. The van der Waals surface area contributed by atoms with Crippen molar-refractivity contribution in [2.45, 2.75) is 45.3 Å². The van der Waals surface area contributed by atoms with Crippen molar-refractivity contribution in [3.05, 3.63) is 39.9 Å². The molecule has 1 saturated heterocycles. The first-order valence-corrected chi connectivity index (χ1v) is 7.86. The molecule has 9 heteroatoms. The van der Waals surface area contributed by atoms with Crippen LogP contribution in [0.1, 0.15) is 39.2 Å². The number of nitro groups is 1. The Morgan fingerprint density at radius 2 is 1.84 bits per heavy atom. The number of amides is 1. The lowest BCUT2D eigenvalue weighted by molar-refractivity contribution is -0.384. The molecule has 6 nitrogen and oxygen atoms in total. The summed E-state index contributed by atoms with van der Waals surface area (Å²) in [5.41, 5.74) is -1.48. The third-order valence-corrected chi connectivity index (χ3v) is 4.50. The van der Waals surface area contributed by atoms with Gasteiger partial charge in [-0.25, -0.2) is 5.01 Å². The van der Waals surface area contributed by atoms with Crippen molar-refractivity contribution in [1.82, 2.24) is 10.4 Å². The summed E-state index contributed by atoms with van der Waals surface area (Å²) >= 11 is 0. The van der Waals surface area contributed by atoms with Gasteiger partial charge in [0.1, 0.15) is 0 Å². The predicted molar refractivity (Wildman–Crippen MR) is 84.4 cm³/mol. The van der Waals surface area contributed by atoms with Crippen molar-refractivity contribution >= 4 is 11.6 Å². The van der Waals surface area contributed by atoms with Crippen LogP contribution in [0, 0.1) is 15.5 Å². The summed E-state index contributed by atoms with van der Waals surface area (Å²) in [6.45, 7) is 4.65. The number of nitro benzene ring substituents is 1. The zero-order chi connectivity index (χ0) is 19.0. The summed E-state index contributed by atoms with van der Waals surface area (Å²) in [5, 5.41) is 11.7. The van der Waals surface area contributed by atoms with Crippen LogP contribution in [-0.4, -0.2) is 28.6 Å². The molecule has 2 rings (SSSR count). The number of rotatable bonds is 5. The minimum atomic E-state index is -4.69. The Morgan fingerprint density at radius 3 is 2.20 bits per heavy atom. The third-order valence-electron chi connectivity index (χ3n) is 4.50. The Bertz CT molecular complexity index is 673. The van der Waals surface area contributed by atoms with Crippen molar-refractivity contribution in [1.29, 1.82) is 0 Å². The Morgan fingerprint density at radius 1 is 1.28 bits per heavy atom. The summed E-state index contributed by atoms with van der Waals surface area (Å²) < 4.78 is 42.6. The van der Waals surface area contributed by atoms with E-state index in [1.54, 1.807) is 20.8 Å². The maximum Gasteiger partial charge on any atom is 0.412 e. The quantitative estimate of drug-likeness (QED) is 0.645. The molecular formula is C16H20F3N3O3. The lowest BCUT2D eigenvalue weighted by Gasteiger charge is -2.43. The molecule has 0 bridgehead atoms. The van der Waals surface area contributed by atoms with E-state index in [-0.39, 0.29) is 30.6 Å². The molecule has 1 aromatic carbocycles. The van der Waals surface area contributed by atoms with Gasteiger partial charge in [-0.2, -0.15) is 13.2 Å². The van der Waals surface area contributed by atoms with Crippen molar-refractivity contribution < 1.29 is 22.9 Å². The van der Waals surface area contributed by atoms with Crippen LogP contribution in [0.15, 0.2) is 24.3 Å². The van der Waals surface area contributed by atoms with Gasteiger partial charge >= 0.3 is 6.18 Å². The first kappa shape index (κ1) is 19.2. The summed E-state index contributed by atoms with van der Waals surface area (Å²) in [7, 11) is 0. The van der Waals surface area contributed by atoms with Gasteiger partial charge in [-0.3, -0.25) is 20.3 Å². The topological polar surface area (TPSA) is 75.5 Å². The van der Waals surface area contributed by atoms with E-state index in [4.69, 9.17) is 0 Å². The zero-order valence-electron chi connectivity index (χ0n) is 14.2. The van der Waals surface area contributed by atoms with Gasteiger partial charge in [0.2, 0.25) is 5.91 Å². The highest BCUT2D eigenvalue weighted by Gasteiger charge is 2.62. The molecule has 1 N–H and O–H groups in total. The van der Waals surface area contributed by atoms with E-state index in [9.17, 15) is 28.1 Å². The summed E-state index contributed by atoms with van der Waals surface area (Å²) in [6.07, 6.45) is -4.76. The van der Waals surface area contributed by atoms with Gasteiger partial charge < -0.3 is 0 Å². The fraction of sp³-hybridized carbons (Fsp3) is 0.562. The summed E-state index contributed by atoms with van der Waals surface area (Å²) in [4.78, 5) is 22.2. The monoisotopic (exact) mass is 359 g/mol. The standard InChI is InChI=1S/C16H20F3N3O3/c1-4-9-15(16(17,18)19,21-10-14(2,3)13(23)20-21)11-5-7-12(8-6-11)22(24)25/h5-8H,4,9-10H2,1-3H3,(H,20,23). The van der Waals surface area contributed by atoms with E-state index < -0.39 is 28.0 Å². The second-order valence-corrected chi connectivity index (χ2v) is 6.82. The number of nitrogens with one attached hydrogen (secondary N) is 1. The van der Waals surface area contributed by atoms with Crippen LogP contribution in [0.25, 0.3) is 0 Å². The van der Waals surface area contributed by atoms with E-state index in [0.717, 1.165) is 29.3 Å². The van der Waals surface area contributed by atoms with Gasteiger partial charge in [0.25, 0.3) is 5.69 Å². The number of carbonyl (C=O) groups excluding carboxylic acids is 1. The molecule has 0 aromatic heterocycles. The normalized spacial score (nSPS) is 20.2. The number of halogens is 3. The molecule has 0 radical (unpaired) electrons. The lowest BCUT2D eigenvalue weighted by Crippen LogP contribution is -2.59. The van der Waals surface area contributed by atoms with Crippen molar-refractivity contribution in [2.24, 2.45) is 5.41 Å². The van der Waals surface area contributed by atoms with Crippen molar-refractivity contribution in [3.63, 3.8) is 0 Å². The molecule has 0 saturated carbocycles. The van der Waals surface area contributed by atoms with E-state index in [2.05, 4.69) is 5.43 Å². The van der Waals surface area contributed by atoms with Gasteiger partial charge in [0.05, 0.1) is 10.3 Å². The maximum absolute atomic E-state index is 14.2. The fourth-order valence-corrected chi connectivity index (χ4v) is 3.13. The SMILES string of the molecule is CCCC(c1ccc([N+](=O)[O-])cc1)(N1CC(C)(C)C(=O)N1)C(F)(F)F. The Hall–Kier alpha value is -2.16. The lowest BCUT2D eigenvalue weighted by atomic mass is 9.82. The second-order valence-electron chi connectivity index (χ2n) is 6.82. The van der Waals surface area contributed by atoms with E-state index >= 15 is 0 Å². The molecule has 1 heterocycles. The largest absolute Gasteiger partial charge is 0.412 e.